The molecule has 0 aliphatic rings. The number of anilines is 1. The number of guanidine groups is 1. The molecule has 6 nitrogen and oxygen atoms in total. The van der Waals surface area contributed by atoms with Crippen LogP contribution < -0.4 is 15.5 Å². The van der Waals surface area contributed by atoms with Crippen molar-refractivity contribution < 1.29 is 13.2 Å². The van der Waals surface area contributed by atoms with E-state index in [4.69, 9.17) is 0 Å². The first-order valence-electron chi connectivity index (χ1n) is 6.87. The predicted octanol–water partition coefficient (Wildman–Crippen LogP) is 2.55. The fourth-order valence-corrected chi connectivity index (χ4v) is 3.16. The lowest BCUT2D eigenvalue weighted by atomic mass is 10.5. The lowest BCUT2D eigenvalue weighted by molar-refractivity contribution is -0.140. The van der Waals surface area contributed by atoms with Gasteiger partial charge in [-0.2, -0.15) is 13.2 Å². The van der Waals surface area contributed by atoms with Crippen LogP contribution in [0.1, 0.15) is 16.4 Å². The van der Waals surface area contributed by atoms with Crippen molar-refractivity contribution in [2.45, 2.75) is 19.3 Å². The summed E-state index contributed by atoms with van der Waals surface area (Å²) in [6.07, 6.45) is -4.41. The molecule has 0 radical (unpaired) electrons. The Hall–Kier alpha value is -1.88. The van der Waals surface area contributed by atoms with Crippen LogP contribution in [0.4, 0.5) is 18.3 Å². The molecule has 0 bridgehead atoms. The van der Waals surface area contributed by atoms with Crippen LogP contribution in [0.25, 0.3) is 0 Å². The number of thiazole rings is 2. The van der Waals surface area contributed by atoms with Gasteiger partial charge in [0.15, 0.2) is 16.8 Å². The summed E-state index contributed by atoms with van der Waals surface area (Å²) in [7, 11) is 5.42. The average Bonchev–Trinajstić information content (AvgIpc) is 3.16. The van der Waals surface area contributed by atoms with E-state index in [1.807, 2.05) is 24.4 Å². The summed E-state index contributed by atoms with van der Waals surface area (Å²) in [5.74, 6) is 0.471. The van der Waals surface area contributed by atoms with Gasteiger partial charge in [-0.05, 0) is 0 Å². The molecule has 0 aliphatic carbocycles. The highest BCUT2D eigenvalue weighted by Gasteiger charge is 2.33. The number of alkyl halides is 3. The molecule has 0 fully saturated rings. The van der Waals surface area contributed by atoms with Crippen molar-refractivity contribution in [3.05, 3.63) is 27.2 Å². The molecule has 0 aliphatic heterocycles. The summed E-state index contributed by atoms with van der Waals surface area (Å²) < 4.78 is 37.5. The predicted molar refractivity (Wildman–Crippen MR) is 90.6 cm³/mol. The van der Waals surface area contributed by atoms with Crippen LogP contribution in [0.15, 0.2) is 15.8 Å². The summed E-state index contributed by atoms with van der Waals surface area (Å²) >= 11 is 2.49. The number of hydrogen-bond donors (Lipinski definition) is 2. The van der Waals surface area contributed by atoms with Crippen molar-refractivity contribution in [2.75, 3.05) is 26.0 Å². The molecule has 132 valence electrons. The molecular formula is C13H17F3N6S2. The van der Waals surface area contributed by atoms with Crippen LogP contribution in [0.3, 0.4) is 0 Å². The molecule has 0 atom stereocenters. The second kappa shape index (κ2) is 7.79. The molecular weight excluding hydrogens is 361 g/mol. The van der Waals surface area contributed by atoms with E-state index in [9.17, 15) is 13.2 Å². The number of nitrogens with one attached hydrogen (secondary N) is 2. The molecule has 2 aromatic rings. The molecule has 11 heteroatoms. The topological polar surface area (TPSA) is 65.4 Å². The Kier molecular flexibility index (Phi) is 5.99. The highest BCUT2D eigenvalue weighted by atomic mass is 32.1. The molecule has 2 N–H and O–H groups in total. The van der Waals surface area contributed by atoms with Crippen LogP contribution in [0.2, 0.25) is 0 Å². The lowest BCUT2D eigenvalue weighted by Crippen LogP contribution is -2.36. The van der Waals surface area contributed by atoms with Gasteiger partial charge in [-0.3, -0.25) is 4.99 Å². The fourth-order valence-electron chi connectivity index (χ4n) is 1.66. The van der Waals surface area contributed by atoms with Crippen LogP contribution in [0.5, 0.6) is 0 Å². The van der Waals surface area contributed by atoms with Crippen LogP contribution >= 0.6 is 22.7 Å². The van der Waals surface area contributed by atoms with Gasteiger partial charge < -0.3 is 15.5 Å². The van der Waals surface area contributed by atoms with E-state index in [-0.39, 0.29) is 6.54 Å². The van der Waals surface area contributed by atoms with Gasteiger partial charge in [-0.25, -0.2) is 9.97 Å². The molecule has 0 spiro atoms. The SMILES string of the molecule is CN=C(NCc1csc(N(C)C)n1)NCc1nc(C(F)(F)F)cs1. The summed E-state index contributed by atoms with van der Waals surface area (Å²) in [4.78, 5) is 13.9. The Labute approximate surface area is 145 Å². The smallest absolute Gasteiger partial charge is 0.354 e. The van der Waals surface area contributed by atoms with E-state index < -0.39 is 11.9 Å². The third kappa shape index (κ3) is 5.06. The van der Waals surface area contributed by atoms with E-state index in [1.165, 1.54) is 11.3 Å². The first kappa shape index (κ1) is 18.5. The van der Waals surface area contributed by atoms with Gasteiger partial charge in [0.1, 0.15) is 5.01 Å². The highest BCUT2D eigenvalue weighted by Crippen LogP contribution is 2.29. The van der Waals surface area contributed by atoms with E-state index in [0.29, 0.717) is 17.5 Å². The molecule has 0 aromatic carbocycles. The fraction of sp³-hybridized carbons (Fsp3) is 0.462. The van der Waals surface area contributed by atoms with Crippen LogP contribution in [0, 0.1) is 0 Å². The average molecular weight is 378 g/mol. The standard InChI is InChI=1S/C13H17F3N6S2/c1-17-11(18-4-8-6-24-12(20-8)22(2)3)19-5-10-21-9(7-23-10)13(14,15)16/h6-7H,4-5H2,1-3H3,(H2,17,18,19). The summed E-state index contributed by atoms with van der Waals surface area (Å²) in [6, 6.07) is 0. The third-order valence-electron chi connectivity index (χ3n) is 2.83. The third-order valence-corrected chi connectivity index (χ3v) is 4.74. The molecule has 0 saturated carbocycles. The van der Waals surface area contributed by atoms with Crippen LogP contribution in [-0.4, -0.2) is 37.1 Å². The number of hydrogen-bond acceptors (Lipinski definition) is 6. The molecule has 0 amide bonds. The minimum absolute atomic E-state index is 0.167. The van der Waals surface area contributed by atoms with E-state index >= 15 is 0 Å². The minimum Gasteiger partial charge on any atom is -0.354 e. The van der Waals surface area contributed by atoms with E-state index in [0.717, 1.165) is 27.5 Å². The molecule has 2 aromatic heterocycles. The number of halogens is 3. The van der Waals surface area contributed by atoms with Gasteiger partial charge in [0, 0.05) is 31.9 Å². The zero-order valence-electron chi connectivity index (χ0n) is 13.3. The zero-order chi connectivity index (χ0) is 17.7. The van der Waals surface area contributed by atoms with Gasteiger partial charge in [-0.15, -0.1) is 22.7 Å². The van der Waals surface area contributed by atoms with Crippen molar-refractivity contribution in [1.29, 1.82) is 0 Å². The van der Waals surface area contributed by atoms with E-state index in [1.54, 1.807) is 7.05 Å². The van der Waals surface area contributed by atoms with Gasteiger partial charge in [0.25, 0.3) is 0 Å². The van der Waals surface area contributed by atoms with Gasteiger partial charge in [0.2, 0.25) is 0 Å². The Balaban J connectivity index is 1.85. The van der Waals surface area contributed by atoms with E-state index in [2.05, 4.69) is 25.6 Å². The number of rotatable bonds is 5. The maximum atomic E-state index is 12.5. The normalized spacial score (nSPS) is 12.3. The minimum atomic E-state index is -4.41. The summed E-state index contributed by atoms with van der Waals surface area (Å²) in [6.45, 7) is 0.635. The zero-order valence-corrected chi connectivity index (χ0v) is 14.9. The summed E-state index contributed by atoms with van der Waals surface area (Å²) in [5, 5.41) is 10.2. The van der Waals surface area contributed by atoms with Crippen molar-refractivity contribution in [3.63, 3.8) is 0 Å². The Bertz CT molecular complexity index is 692. The van der Waals surface area contributed by atoms with Crippen molar-refractivity contribution in [2.24, 2.45) is 4.99 Å². The second-order valence-electron chi connectivity index (χ2n) is 4.92. The maximum absolute atomic E-state index is 12.5. The molecule has 2 heterocycles. The highest BCUT2D eigenvalue weighted by molar-refractivity contribution is 7.13. The van der Waals surface area contributed by atoms with Crippen molar-refractivity contribution >= 4 is 33.8 Å². The molecule has 0 saturated heterocycles. The summed E-state index contributed by atoms with van der Waals surface area (Å²) in [5.41, 5.74) is -0.00816. The monoisotopic (exact) mass is 378 g/mol. The van der Waals surface area contributed by atoms with Gasteiger partial charge in [-0.1, -0.05) is 0 Å². The number of aromatic nitrogens is 2. The maximum Gasteiger partial charge on any atom is 0.434 e. The first-order valence-corrected chi connectivity index (χ1v) is 8.63. The Morgan fingerprint density at radius 1 is 1.17 bits per heavy atom. The Morgan fingerprint density at radius 2 is 1.88 bits per heavy atom. The molecule has 24 heavy (non-hydrogen) atoms. The second-order valence-corrected chi connectivity index (χ2v) is 6.70. The molecule has 2 rings (SSSR count). The van der Waals surface area contributed by atoms with Gasteiger partial charge in [0.05, 0.1) is 18.8 Å². The quantitative estimate of drug-likeness (QED) is 0.618. The van der Waals surface area contributed by atoms with Crippen molar-refractivity contribution in [1.82, 2.24) is 20.6 Å². The molecule has 0 unspecified atom stereocenters. The number of nitrogens with zero attached hydrogens (tertiary/aromatic N) is 4. The van der Waals surface area contributed by atoms with Gasteiger partial charge >= 0.3 is 6.18 Å². The number of aliphatic imine (C=N–C) groups is 1. The van der Waals surface area contributed by atoms with Crippen molar-refractivity contribution in [3.8, 4) is 0 Å². The Morgan fingerprint density at radius 3 is 2.42 bits per heavy atom. The lowest BCUT2D eigenvalue weighted by Gasteiger charge is -2.10. The largest absolute Gasteiger partial charge is 0.434 e. The first-order chi connectivity index (χ1) is 11.3. The van der Waals surface area contributed by atoms with Crippen LogP contribution in [-0.2, 0) is 19.3 Å².